The largest absolute Gasteiger partial charge is 4.00 e. The van der Waals surface area contributed by atoms with Crippen LogP contribution in [0.2, 0.25) is 0 Å². The number of para-hydroxylation sites is 4. The predicted molar refractivity (Wildman–Crippen MR) is 165 cm³/mol. The van der Waals surface area contributed by atoms with Crippen LogP contribution in [0.4, 0.5) is 0 Å². The first-order valence-corrected chi connectivity index (χ1v) is 13.6. The first-order chi connectivity index (χ1) is 21.4. The molecule has 0 unspecified atom stereocenters. The van der Waals surface area contributed by atoms with Crippen LogP contribution in [-0.2, 0) is 26.2 Å². The summed E-state index contributed by atoms with van der Waals surface area (Å²) in [6, 6.07) is 43.3. The molecule has 0 fully saturated rings. The number of pyridine rings is 4. The van der Waals surface area contributed by atoms with Crippen LogP contribution in [-0.4, -0.2) is 19.9 Å². The summed E-state index contributed by atoms with van der Waals surface area (Å²) in [5.74, 6) is -0.709. The molecule has 0 bridgehead atoms. The van der Waals surface area contributed by atoms with Gasteiger partial charge in [0.05, 0.1) is 22.1 Å². The Kier molecular flexibility index (Phi) is 11.5. The van der Waals surface area contributed by atoms with Gasteiger partial charge in [0.2, 0.25) is 0 Å². The number of nitrogens with zero attached hydrogens (tertiary/aromatic N) is 4. The average molecular weight is 668 g/mol. The monoisotopic (exact) mass is 666 g/mol. The van der Waals surface area contributed by atoms with Gasteiger partial charge in [-0.2, -0.15) is 0 Å². The minimum Gasteiger partial charge on any atom is -0.859 e. The van der Waals surface area contributed by atoms with E-state index in [1.165, 1.54) is 24.3 Å². The normalized spacial score (nSPS) is 9.96. The number of aromatic nitrogens is 4. The van der Waals surface area contributed by atoms with E-state index in [1.54, 1.807) is 24.3 Å². The van der Waals surface area contributed by atoms with Crippen molar-refractivity contribution in [3.05, 3.63) is 146 Å². The van der Waals surface area contributed by atoms with E-state index in [4.69, 9.17) is 0 Å². The molecule has 8 aromatic rings. The Morgan fingerprint density at radius 3 is 0.689 bits per heavy atom. The van der Waals surface area contributed by atoms with Crippen molar-refractivity contribution in [2.45, 2.75) is 0 Å². The number of rotatable bonds is 0. The van der Waals surface area contributed by atoms with E-state index < -0.39 is 0 Å². The topological polar surface area (TPSA) is 144 Å². The number of hydrogen-bond acceptors (Lipinski definition) is 8. The van der Waals surface area contributed by atoms with Crippen LogP contribution in [0.15, 0.2) is 146 Å². The zero-order valence-electron chi connectivity index (χ0n) is 23.8. The SMILES string of the molecule is [O-]c1ccc2ccccc2n1.[O-]c1ccc2ccccc2n1.[O-]c1ccc2ccccc2n1.[O-]c1ccc2ccccc2n1.[Zr+4]. The molecule has 0 aliphatic rings. The van der Waals surface area contributed by atoms with E-state index >= 15 is 0 Å². The molecule has 4 heterocycles. The van der Waals surface area contributed by atoms with Crippen molar-refractivity contribution in [2.75, 3.05) is 0 Å². The Balaban J connectivity index is 0.000000136. The fourth-order valence-electron chi connectivity index (χ4n) is 4.19. The molecule has 9 heteroatoms. The molecule has 0 aliphatic carbocycles. The molecule has 0 atom stereocenters. The van der Waals surface area contributed by atoms with Crippen molar-refractivity contribution >= 4 is 43.6 Å². The zero-order chi connectivity index (χ0) is 30.7. The van der Waals surface area contributed by atoms with Crippen molar-refractivity contribution < 1.29 is 46.6 Å². The molecule has 0 saturated heterocycles. The van der Waals surface area contributed by atoms with Gasteiger partial charge in [0.1, 0.15) is 0 Å². The molecule has 4 aromatic heterocycles. The third-order valence-electron chi connectivity index (χ3n) is 6.29. The number of benzene rings is 4. The molecule has 216 valence electrons. The van der Waals surface area contributed by atoms with Crippen LogP contribution < -0.4 is 20.4 Å². The first-order valence-electron chi connectivity index (χ1n) is 13.6. The summed E-state index contributed by atoms with van der Waals surface area (Å²) in [4.78, 5) is 15.3. The molecule has 0 radical (unpaired) electrons. The summed E-state index contributed by atoms with van der Waals surface area (Å²) in [6.45, 7) is 0. The van der Waals surface area contributed by atoms with Crippen LogP contribution in [0.3, 0.4) is 0 Å². The Morgan fingerprint density at radius 1 is 0.267 bits per heavy atom. The van der Waals surface area contributed by atoms with Crippen LogP contribution in [0.1, 0.15) is 0 Å². The molecule has 0 amide bonds. The zero-order valence-corrected chi connectivity index (χ0v) is 26.2. The van der Waals surface area contributed by atoms with E-state index in [2.05, 4.69) is 19.9 Å². The van der Waals surface area contributed by atoms with Crippen molar-refractivity contribution in [2.24, 2.45) is 0 Å². The molecular weight excluding hydrogens is 644 g/mol. The van der Waals surface area contributed by atoms with E-state index in [0.29, 0.717) is 0 Å². The van der Waals surface area contributed by atoms with Crippen LogP contribution in [0, 0.1) is 0 Å². The second kappa shape index (κ2) is 15.9. The van der Waals surface area contributed by atoms with Gasteiger partial charge in [-0.1, -0.05) is 121 Å². The third kappa shape index (κ3) is 9.29. The molecule has 0 saturated carbocycles. The quantitative estimate of drug-likeness (QED) is 0.214. The standard InChI is InChI=1S/4C9H7NO.Zr/c4*11-9-6-5-7-3-1-2-4-8(7)10-9;/h4*1-6H,(H,10,11);/q;;;;+4/p-4. The third-order valence-corrected chi connectivity index (χ3v) is 6.29. The molecule has 4 aromatic carbocycles. The number of hydrogen-bond donors (Lipinski definition) is 0. The summed E-state index contributed by atoms with van der Waals surface area (Å²) in [6.07, 6.45) is 0. The molecule has 8 nitrogen and oxygen atoms in total. The molecule has 0 N–H and O–H groups in total. The van der Waals surface area contributed by atoms with Gasteiger partial charge in [-0.25, -0.2) is 0 Å². The molecule has 0 aliphatic heterocycles. The van der Waals surface area contributed by atoms with E-state index in [-0.39, 0.29) is 49.7 Å². The van der Waals surface area contributed by atoms with E-state index in [1.807, 2.05) is 97.1 Å². The van der Waals surface area contributed by atoms with Gasteiger partial charge in [0.25, 0.3) is 0 Å². The van der Waals surface area contributed by atoms with E-state index in [0.717, 1.165) is 43.6 Å². The van der Waals surface area contributed by atoms with Crippen LogP contribution in [0.5, 0.6) is 23.5 Å². The van der Waals surface area contributed by atoms with Crippen LogP contribution >= 0.6 is 0 Å². The van der Waals surface area contributed by atoms with E-state index in [9.17, 15) is 20.4 Å². The number of fused-ring (bicyclic) bond motifs is 4. The average Bonchev–Trinajstić information content (AvgIpc) is 3.05. The van der Waals surface area contributed by atoms with Crippen molar-refractivity contribution in [3.8, 4) is 23.5 Å². The second-order valence-corrected chi connectivity index (χ2v) is 9.37. The summed E-state index contributed by atoms with van der Waals surface area (Å²) < 4.78 is 0. The molecule has 8 rings (SSSR count). The Morgan fingerprint density at radius 2 is 0.467 bits per heavy atom. The molecular formula is C36H24N4O4Zr. The smallest absolute Gasteiger partial charge is 0.859 e. The summed E-state index contributed by atoms with van der Waals surface area (Å²) in [5, 5.41) is 47.1. The fraction of sp³-hybridized carbons (Fsp3) is 0. The Labute approximate surface area is 278 Å². The second-order valence-electron chi connectivity index (χ2n) is 9.37. The van der Waals surface area contributed by atoms with Gasteiger partial charge >= 0.3 is 26.2 Å². The maximum absolute atomic E-state index is 10.8. The summed E-state index contributed by atoms with van der Waals surface area (Å²) in [5.41, 5.74) is 3.06. The molecule has 0 spiro atoms. The Bertz CT molecular complexity index is 1850. The van der Waals surface area contributed by atoms with Gasteiger partial charge in [-0.15, -0.1) is 0 Å². The maximum Gasteiger partial charge on any atom is 4.00 e. The van der Waals surface area contributed by atoms with Crippen molar-refractivity contribution in [1.29, 1.82) is 0 Å². The van der Waals surface area contributed by atoms with Gasteiger partial charge in [-0.05, 0) is 47.8 Å². The maximum atomic E-state index is 10.8. The minimum atomic E-state index is -0.177. The van der Waals surface area contributed by atoms with Crippen LogP contribution in [0.25, 0.3) is 43.6 Å². The van der Waals surface area contributed by atoms with Crippen molar-refractivity contribution in [3.63, 3.8) is 0 Å². The van der Waals surface area contributed by atoms with Crippen molar-refractivity contribution in [1.82, 2.24) is 19.9 Å². The summed E-state index contributed by atoms with van der Waals surface area (Å²) in [7, 11) is 0. The Hall–Kier alpha value is -5.40. The van der Waals surface area contributed by atoms with Gasteiger partial charge in [0.15, 0.2) is 0 Å². The fourth-order valence-corrected chi connectivity index (χ4v) is 4.19. The minimum absolute atomic E-state index is 0. The first kappa shape index (κ1) is 32.5. The van der Waals surface area contributed by atoms with Gasteiger partial charge in [-0.3, -0.25) is 19.9 Å². The predicted octanol–water partition coefficient (Wildman–Crippen LogP) is 5.23. The van der Waals surface area contributed by atoms with Gasteiger partial charge < -0.3 is 20.4 Å². The van der Waals surface area contributed by atoms with Gasteiger partial charge in [0, 0.05) is 21.5 Å². The molecule has 45 heavy (non-hydrogen) atoms. The summed E-state index contributed by atoms with van der Waals surface area (Å²) >= 11 is 0.